The number of aryl methyl sites for hydroxylation is 1. The summed E-state index contributed by atoms with van der Waals surface area (Å²) >= 11 is 0. The van der Waals surface area contributed by atoms with Crippen LogP contribution in [0.5, 0.6) is 11.5 Å². The maximum Gasteiger partial charge on any atom is 0.165 e. The summed E-state index contributed by atoms with van der Waals surface area (Å²) in [4.78, 5) is 0. The van der Waals surface area contributed by atoms with Crippen molar-refractivity contribution in [1.82, 2.24) is 0 Å². The molecule has 1 aromatic carbocycles. The third kappa shape index (κ3) is 1.66. The van der Waals surface area contributed by atoms with Crippen LogP contribution in [-0.2, 0) is 0 Å². The predicted octanol–water partition coefficient (Wildman–Crippen LogP) is 2.74. The molecule has 70 valence electrons. The van der Waals surface area contributed by atoms with Crippen molar-refractivity contribution < 1.29 is 9.84 Å². The van der Waals surface area contributed by atoms with Crippen LogP contribution in [0.15, 0.2) is 18.7 Å². The molecule has 0 fully saturated rings. The second kappa shape index (κ2) is 3.52. The lowest BCUT2D eigenvalue weighted by Crippen LogP contribution is -1.90. The summed E-state index contributed by atoms with van der Waals surface area (Å²) in [6, 6.07) is 3.75. The minimum absolute atomic E-state index is 0.176. The van der Waals surface area contributed by atoms with Crippen LogP contribution in [0.4, 0.5) is 0 Å². The Balaban J connectivity index is 3.35. The summed E-state index contributed by atoms with van der Waals surface area (Å²) in [6.07, 6.45) is 0. The van der Waals surface area contributed by atoms with Gasteiger partial charge in [-0.2, -0.15) is 0 Å². The number of benzene rings is 1. The van der Waals surface area contributed by atoms with Crippen LogP contribution in [0.25, 0.3) is 5.57 Å². The molecule has 2 nitrogen and oxygen atoms in total. The number of aromatic hydroxyl groups is 1. The molecule has 0 amide bonds. The van der Waals surface area contributed by atoms with Crippen LogP contribution in [0.2, 0.25) is 0 Å². The van der Waals surface area contributed by atoms with Crippen LogP contribution < -0.4 is 4.74 Å². The van der Waals surface area contributed by atoms with Crippen molar-refractivity contribution in [2.45, 2.75) is 13.8 Å². The van der Waals surface area contributed by atoms with Gasteiger partial charge in [0, 0.05) is 5.56 Å². The van der Waals surface area contributed by atoms with E-state index in [1.807, 2.05) is 26.0 Å². The van der Waals surface area contributed by atoms with Gasteiger partial charge in [0.1, 0.15) is 0 Å². The Morgan fingerprint density at radius 1 is 1.46 bits per heavy atom. The van der Waals surface area contributed by atoms with E-state index in [0.717, 1.165) is 16.7 Å². The number of methoxy groups -OCH3 is 1. The van der Waals surface area contributed by atoms with Crippen molar-refractivity contribution in [2.75, 3.05) is 7.11 Å². The van der Waals surface area contributed by atoms with E-state index >= 15 is 0 Å². The smallest absolute Gasteiger partial charge is 0.165 e. The van der Waals surface area contributed by atoms with Gasteiger partial charge in [-0.1, -0.05) is 18.7 Å². The number of rotatable bonds is 2. The highest BCUT2D eigenvalue weighted by molar-refractivity contribution is 5.70. The molecule has 2 heteroatoms. The summed E-state index contributed by atoms with van der Waals surface area (Å²) in [5.41, 5.74) is 2.49. The van der Waals surface area contributed by atoms with Gasteiger partial charge < -0.3 is 9.84 Å². The first kappa shape index (κ1) is 9.65. The first-order valence-electron chi connectivity index (χ1n) is 4.10. The van der Waals surface area contributed by atoms with Crippen molar-refractivity contribution in [2.24, 2.45) is 0 Å². The van der Waals surface area contributed by atoms with Gasteiger partial charge >= 0.3 is 0 Å². The van der Waals surface area contributed by atoms with Gasteiger partial charge in [0.2, 0.25) is 0 Å². The van der Waals surface area contributed by atoms with Gasteiger partial charge in [-0.25, -0.2) is 0 Å². The third-order valence-corrected chi connectivity index (χ3v) is 1.99. The second-order valence-corrected chi connectivity index (χ2v) is 3.09. The summed E-state index contributed by atoms with van der Waals surface area (Å²) in [6.45, 7) is 7.52. The highest BCUT2D eigenvalue weighted by Gasteiger charge is 2.10. The first-order valence-corrected chi connectivity index (χ1v) is 4.10. The van der Waals surface area contributed by atoms with Gasteiger partial charge in [0.15, 0.2) is 11.5 Å². The molecule has 0 atom stereocenters. The second-order valence-electron chi connectivity index (χ2n) is 3.09. The van der Waals surface area contributed by atoms with E-state index in [1.165, 1.54) is 0 Å². The lowest BCUT2D eigenvalue weighted by molar-refractivity contribution is 0.370. The summed E-state index contributed by atoms with van der Waals surface area (Å²) in [5.74, 6) is 0.704. The molecule has 1 rings (SSSR count). The zero-order chi connectivity index (χ0) is 10.0. The van der Waals surface area contributed by atoms with E-state index in [1.54, 1.807) is 7.11 Å². The lowest BCUT2D eigenvalue weighted by atomic mass is 10.0. The molecule has 0 unspecified atom stereocenters. The van der Waals surface area contributed by atoms with Gasteiger partial charge in [-0.15, -0.1) is 0 Å². The lowest BCUT2D eigenvalue weighted by Gasteiger charge is -2.10. The molecule has 0 heterocycles. The Morgan fingerprint density at radius 3 is 2.54 bits per heavy atom. The minimum Gasteiger partial charge on any atom is -0.504 e. The van der Waals surface area contributed by atoms with E-state index in [-0.39, 0.29) is 5.75 Å². The quantitative estimate of drug-likeness (QED) is 0.754. The first-order chi connectivity index (χ1) is 6.07. The zero-order valence-corrected chi connectivity index (χ0v) is 8.22. The minimum atomic E-state index is 0.176. The van der Waals surface area contributed by atoms with Gasteiger partial charge in [0.05, 0.1) is 7.11 Å². The molecule has 0 aliphatic rings. The molecule has 0 spiro atoms. The highest BCUT2D eigenvalue weighted by Crippen LogP contribution is 2.35. The maximum absolute atomic E-state index is 9.75. The Hall–Kier alpha value is -1.44. The van der Waals surface area contributed by atoms with Crippen LogP contribution >= 0.6 is 0 Å². The van der Waals surface area contributed by atoms with E-state index < -0.39 is 0 Å². The van der Waals surface area contributed by atoms with Crippen molar-refractivity contribution in [1.29, 1.82) is 0 Å². The normalized spacial score (nSPS) is 9.77. The fourth-order valence-electron chi connectivity index (χ4n) is 1.27. The molecule has 0 saturated heterocycles. The van der Waals surface area contributed by atoms with Crippen molar-refractivity contribution in [3.63, 3.8) is 0 Å². The summed E-state index contributed by atoms with van der Waals surface area (Å²) in [5, 5.41) is 9.75. The number of hydrogen-bond acceptors (Lipinski definition) is 2. The molecule has 0 saturated carbocycles. The van der Waals surface area contributed by atoms with Crippen molar-refractivity contribution in [3.05, 3.63) is 29.8 Å². The summed E-state index contributed by atoms with van der Waals surface area (Å²) in [7, 11) is 1.55. The largest absolute Gasteiger partial charge is 0.504 e. The predicted molar refractivity (Wildman–Crippen MR) is 54.1 cm³/mol. The molecule has 0 aromatic heterocycles. The average molecular weight is 178 g/mol. The summed E-state index contributed by atoms with van der Waals surface area (Å²) < 4.78 is 5.08. The molecule has 1 N–H and O–H groups in total. The maximum atomic E-state index is 9.75. The highest BCUT2D eigenvalue weighted by atomic mass is 16.5. The van der Waals surface area contributed by atoms with Gasteiger partial charge in [-0.3, -0.25) is 0 Å². The molecule has 0 bridgehead atoms. The number of ether oxygens (including phenoxy) is 1. The Bertz CT molecular complexity index is 340. The molecule has 0 radical (unpaired) electrons. The molecule has 13 heavy (non-hydrogen) atoms. The van der Waals surface area contributed by atoms with Crippen LogP contribution in [0, 0.1) is 6.92 Å². The van der Waals surface area contributed by atoms with Crippen molar-refractivity contribution >= 4 is 5.57 Å². The van der Waals surface area contributed by atoms with E-state index in [0.29, 0.717) is 5.75 Å². The standard InChI is InChI=1S/C11H14O2/c1-7(2)9-6-5-8(3)11(13-4)10(9)12/h5-6,12H,1H2,2-4H3. The van der Waals surface area contributed by atoms with Crippen molar-refractivity contribution in [3.8, 4) is 11.5 Å². The van der Waals surface area contributed by atoms with E-state index in [4.69, 9.17) is 4.74 Å². The molecule has 1 aromatic rings. The fraction of sp³-hybridized carbons (Fsp3) is 0.273. The van der Waals surface area contributed by atoms with E-state index in [9.17, 15) is 5.11 Å². The van der Waals surface area contributed by atoms with Crippen LogP contribution in [-0.4, -0.2) is 12.2 Å². The SMILES string of the molecule is C=C(C)c1ccc(C)c(OC)c1O. The molecular weight excluding hydrogens is 164 g/mol. The number of allylic oxidation sites excluding steroid dienone is 1. The number of hydrogen-bond donors (Lipinski definition) is 1. The average Bonchev–Trinajstić information content (AvgIpc) is 2.04. The van der Waals surface area contributed by atoms with E-state index in [2.05, 4.69) is 6.58 Å². The van der Waals surface area contributed by atoms with Gasteiger partial charge in [0.25, 0.3) is 0 Å². The Morgan fingerprint density at radius 2 is 2.08 bits per heavy atom. The van der Waals surface area contributed by atoms with Gasteiger partial charge in [-0.05, 0) is 25.0 Å². The van der Waals surface area contributed by atoms with Crippen LogP contribution in [0.1, 0.15) is 18.1 Å². The monoisotopic (exact) mass is 178 g/mol. The Labute approximate surface area is 78.5 Å². The molecule has 0 aliphatic carbocycles. The van der Waals surface area contributed by atoms with Crippen LogP contribution in [0.3, 0.4) is 0 Å². The number of phenolic OH excluding ortho intramolecular Hbond substituents is 1. The fourth-order valence-corrected chi connectivity index (χ4v) is 1.27. The zero-order valence-electron chi connectivity index (χ0n) is 8.22. The number of phenols is 1. The Kier molecular flexibility index (Phi) is 2.61. The molecular formula is C11H14O2. The topological polar surface area (TPSA) is 29.5 Å². The molecule has 0 aliphatic heterocycles. The third-order valence-electron chi connectivity index (χ3n) is 1.99.